The molecule has 0 N–H and O–H groups in total. The van der Waals surface area contributed by atoms with Gasteiger partial charge in [-0.15, -0.1) is 0 Å². The Labute approximate surface area is 120 Å². The van der Waals surface area contributed by atoms with Crippen LogP contribution < -0.4 is 10.5 Å². The largest absolute Gasteiger partial charge is 0.514 e. The summed E-state index contributed by atoms with van der Waals surface area (Å²) in [4.78, 5) is 6.40. The number of anilines is 1. The van der Waals surface area contributed by atoms with Gasteiger partial charge in [0, 0.05) is 14.1 Å². The van der Waals surface area contributed by atoms with Crippen molar-refractivity contribution in [3.8, 4) is 0 Å². The third-order valence-electron chi connectivity index (χ3n) is 3.77. The molecule has 1 aliphatic rings. The first-order valence-electron chi connectivity index (χ1n) is 6.33. The smallest absolute Gasteiger partial charge is 0.398 e. The molecule has 1 aromatic rings. The normalized spacial score (nSPS) is 20.7. The van der Waals surface area contributed by atoms with Gasteiger partial charge < -0.3 is 14.2 Å². The topological polar surface area (TPSA) is 34.6 Å². The highest BCUT2D eigenvalue weighted by atomic mass is 35.5. The van der Waals surface area contributed by atoms with Gasteiger partial charge in [-0.05, 0) is 39.8 Å². The molecule has 0 bridgehead atoms. The van der Waals surface area contributed by atoms with Crippen LogP contribution in [-0.4, -0.2) is 37.4 Å². The lowest BCUT2D eigenvalue weighted by Crippen LogP contribution is -2.41. The zero-order chi connectivity index (χ0) is 14.4. The monoisotopic (exact) mass is 282 g/mol. The third kappa shape index (κ3) is 2.60. The lowest BCUT2D eigenvalue weighted by atomic mass is 9.84. The maximum absolute atomic E-state index is 6.12. The summed E-state index contributed by atoms with van der Waals surface area (Å²) >= 11 is 6.12. The number of halogens is 1. The van der Waals surface area contributed by atoms with Crippen molar-refractivity contribution < 1.29 is 9.31 Å². The Bertz CT molecular complexity index is 476. The van der Waals surface area contributed by atoms with Crippen LogP contribution in [0.25, 0.3) is 0 Å². The van der Waals surface area contributed by atoms with Gasteiger partial charge in [0.25, 0.3) is 0 Å². The van der Waals surface area contributed by atoms with Crippen LogP contribution in [0.5, 0.6) is 0 Å². The maximum Gasteiger partial charge on any atom is 0.514 e. The molecule has 1 saturated heterocycles. The summed E-state index contributed by atoms with van der Waals surface area (Å²) in [5.41, 5.74) is 0.0147. The molecule has 1 fully saturated rings. The van der Waals surface area contributed by atoms with Crippen molar-refractivity contribution >= 4 is 30.1 Å². The van der Waals surface area contributed by atoms with Gasteiger partial charge in [-0.3, -0.25) is 0 Å². The summed E-state index contributed by atoms with van der Waals surface area (Å²) in [6.07, 6.45) is 0. The molecule has 6 heteroatoms. The number of nitrogens with zero attached hydrogens (tertiary/aromatic N) is 2. The summed E-state index contributed by atoms with van der Waals surface area (Å²) in [7, 11) is 3.35. The molecular weight excluding hydrogens is 262 g/mol. The fourth-order valence-corrected chi connectivity index (χ4v) is 2.13. The van der Waals surface area contributed by atoms with E-state index in [1.165, 1.54) is 0 Å². The van der Waals surface area contributed by atoms with Gasteiger partial charge in [-0.2, -0.15) is 0 Å². The number of rotatable bonds is 2. The average Bonchev–Trinajstić information content (AvgIpc) is 2.48. The van der Waals surface area contributed by atoms with E-state index in [0.29, 0.717) is 10.8 Å². The lowest BCUT2D eigenvalue weighted by molar-refractivity contribution is 0.00578. The number of hydrogen-bond acceptors (Lipinski definition) is 4. The van der Waals surface area contributed by atoms with Crippen molar-refractivity contribution in [1.82, 2.24) is 4.98 Å². The molecule has 2 heterocycles. The Morgan fingerprint density at radius 2 is 1.63 bits per heavy atom. The first kappa shape index (κ1) is 14.6. The van der Waals surface area contributed by atoms with Crippen molar-refractivity contribution in [3.63, 3.8) is 0 Å². The first-order chi connectivity index (χ1) is 8.64. The zero-order valence-corrected chi connectivity index (χ0v) is 13.1. The highest BCUT2D eigenvalue weighted by molar-refractivity contribution is 6.61. The standard InChI is InChI=1S/C13H20BClN2O2/c1-12(2)13(3,4)19-14(18-12)10-8-7-9(15)11(16-10)17(5)6/h7-8H,1-6H3. The molecule has 0 aliphatic carbocycles. The van der Waals surface area contributed by atoms with Gasteiger partial charge in [0.2, 0.25) is 0 Å². The van der Waals surface area contributed by atoms with Crippen molar-refractivity contribution in [2.24, 2.45) is 0 Å². The van der Waals surface area contributed by atoms with Crippen LogP contribution in [-0.2, 0) is 9.31 Å². The van der Waals surface area contributed by atoms with Crippen LogP contribution in [0.4, 0.5) is 5.82 Å². The highest BCUT2D eigenvalue weighted by Crippen LogP contribution is 2.36. The summed E-state index contributed by atoms with van der Waals surface area (Å²) in [5, 5.41) is 0.616. The van der Waals surface area contributed by atoms with Gasteiger partial charge in [0.05, 0.1) is 21.8 Å². The van der Waals surface area contributed by atoms with E-state index < -0.39 is 7.12 Å². The van der Waals surface area contributed by atoms with E-state index in [1.54, 1.807) is 0 Å². The molecule has 0 unspecified atom stereocenters. The minimum atomic E-state index is -0.457. The summed E-state index contributed by atoms with van der Waals surface area (Å²) in [5.74, 6) is 0.717. The van der Waals surface area contributed by atoms with E-state index in [4.69, 9.17) is 20.9 Å². The van der Waals surface area contributed by atoms with Gasteiger partial charge in [0.1, 0.15) is 5.82 Å². The molecule has 0 saturated carbocycles. The number of aromatic nitrogens is 1. The van der Waals surface area contributed by atoms with Gasteiger partial charge in [0.15, 0.2) is 0 Å². The van der Waals surface area contributed by atoms with Crippen molar-refractivity contribution in [1.29, 1.82) is 0 Å². The Kier molecular flexibility index (Phi) is 3.58. The molecule has 19 heavy (non-hydrogen) atoms. The van der Waals surface area contributed by atoms with Gasteiger partial charge in [-0.25, -0.2) is 4.98 Å². The van der Waals surface area contributed by atoms with E-state index in [9.17, 15) is 0 Å². The predicted molar refractivity (Wildman–Crippen MR) is 79.3 cm³/mol. The quantitative estimate of drug-likeness (QED) is 0.778. The molecule has 1 aromatic heterocycles. The molecule has 104 valence electrons. The molecule has 1 aliphatic heterocycles. The molecular formula is C13H20BClN2O2. The molecule has 4 nitrogen and oxygen atoms in total. The molecule has 0 atom stereocenters. The second-order valence-corrected chi connectivity index (χ2v) is 6.43. The predicted octanol–water partition coefficient (Wildman–Crippen LogP) is 2.10. The number of hydrogen-bond donors (Lipinski definition) is 0. The molecule has 2 rings (SSSR count). The van der Waals surface area contributed by atoms with E-state index in [0.717, 1.165) is 5.59 Å². The summed E-state index contributed by atoms with van der Waals surface area (Å²) in [6, 6.07) is 3.67. The second kappa shape index (κ2) is 4.65. The van der Waals surface area contributed by atoms with Crippen molar-refractivity contribution in [2.45, 2.75) is 38.9 Å². The van der Waals surface area contributed by atoms with Crippen LogP contribution in [0.1, 0.15) is 27.7 Å². The SMILES string of the molecule is CN(C)c1nc(B2OC(C)(C)C(C)(C)O2)ccc1Cl. The Morgan fingerprint density at radius 3 is 2.11 bits per heavy atom. The highest BCUT2D eigenvalue weighted by Gasteiger charge is 2.52. The zero-order valence-electron chi connectivity index (χ0n) is 12.3. The fourth-order valence-electron chi connectivity index (χ4n) is 1.85. The Balaban J connectivity index is 2.32. The molecule has 0 spiro atoms. The lowest BCUT2D eigenvalue weighted by Gasteiger charge is -2.32. The molecule has 0 aromatic carbocycles. The van der Waals surface area contributed by atoms with Crippen LogP contribution in [0.3, 0.4) is 0 Å². The molecule has 0 amide bonds. The average molecular weight is 283 g/mol. The van der Waals surface area contributed by atoms with Crippen LogP contribution in [0.15, 0.2) is 12.1 Å². The number of pyridine rings is 1. The van der Waals surface area contributed by atoms with E-state index >= 15 is 0 Å². The minimum absolute atomic E-state index is 0.364. The van der Waals surface area contributed by atoms with Gasteiger partial charge >= 0.3 is 7.12 Å². The fraction of sp³-hybridized carbons (Fsp3) is 0.615. The molecule has 0 radical (unpaired) electrons. The third-order valence-corrected chi connectivity index (χ3v) is 4.06. The Hall–Kier alpha value is -0.775. The van der Waals surface area contributed by atoms with E-state index in [-0.39, 0.29) is 11.2 Å². The minimum Gasteiger partial charge on any atom is -0.398 e. The van der Waals surface area contributed by atoms with Crippen molar-refractivity contribution in [3.05, 3.63) is 17.2 Å². The maximum atomic E-state index is 6.12. The van der Waals surface area contributed by atoms with Gasteiger partial charge in [-0.1, -0.05) is 11.6 Å². The van der Waals surface area contributed by atoms with E-state index in [2.05, 4.69) is 4.98 Å². The second-order valence-electron chi connectivity index (χ2n) is 6.02. The summed E-state index contributed by atoms with van der Waals surface area (Å²) in [6.45, 7) is 8.09. The van der Waals surface area contributed by atoms with E-state index in [1.807, 2.05) is 58.8 Å². The Morgan fingerprint density at radius 1 is 1.11 bits per heavy atom. The van der Waals surface area contributed by atoms with Crippen molar-refractivity contribution in [2.75, 3.05) is 19.0 Å². The summed E-state index contributed by atoms with van der Waals surface area (Å²) < 4.78 is 12.0. The first-order valence-corrected chi connectivity index (χ1v) is 6.71. The van der Waals surface area contributed by atoms with Crippen LogP contribution in [0.2, 0.25) is 5.02 Å². The van der Waals surface area contributed by atoms with Crippen LogP contribution in [0, 0.1) is 0 Å². The van der Waals surface area contributed by atoms with Crippen LogP contribution >= 0.6 is 11.6 Å².